The number of pyridine rings is 1. The van der Waals surface area contributed by atoms with Gasteiger partial charge in [0.05, 0.1) is 19.3 Å². The van der Waals surface area contributed by atoms with Crippen LogP contribution in [0.3, 0.4) is 0 Å². The molecule has 2 fully saturated rings. The van der Waals surface area contributed by atoms with Crippen molar-refractivity contribution in [2.45, 2.75) is 35.7 Å². The predicted molar refractivity (Wildman–Crippen MR) is 132 cm³/mol. The van der Waals surface area contributed by atoms with Crippen LogP contribution in [-0.4, -0.2) is 46.5 Å². The number of thioether (sulfide) groups is 1. The van der Waals surface area contributed by atoms with Gasteiger partial charge in [0, 0.05) is 40.4 Å². The van der Waals surface area contributed by atoms with Gasteiger partial charge in [0.25, 0.3) is 5.91 Å². The minimum absolute atomic E-state index is 0.0891. The van der Waals surface area contributed by atoms with Gasteiger partial charge in [0.1, 0.15) is 6.17 Å². The average molecular weight is 524 g/mol. The molecule has 3 aromatic rings. The number of hydrogen-bond donors (Lipinski definition) is 1. The maximum Gasteiger partial charge on any atom is 0.278 e. The number of benzene rings is 2. The number of aromatic nitrogens is 1. The van der Waals surface area contributed by atoms with E-state index in [1.165, 1.54) is 24.0 Å². The Labute approximate surface area is 215 Å². The first-order chi connectivity index (χ1) is 17.9. The Bertz CT molecular complexity index is 1520. The standard InChI is InChI=1S/C27H23F2N3O4S/c28-18-6-5-15-17(22(18)29)12-37-20-4-2-1-3-16(20)23(15)32-21-11-27(13-36-14-27)8-10-30(21)26(35)24-25(34)19(33)7-9-31(24)32/h1-7,9,21,23,34H,8,10-14H2/t21-,23+/m1/s1. The number of hydrogen-bond acceptors (Lipinski definition) is 6. The molecule has 2 aromatic carbocycles. The van der Waals surface area contributed by atoms with E-state index in [0.717, 1.165) is 22.9 Å². The highest BCUT2D eigenvalue weighted by Crippen LogP contribution is 2.49. The van der Waals surface area contributed by atoms with Crippen molar-refractivity contribution in [3.63, 3.8) is 0 Å². The zero-order chi connectivity index (χ0) is 25.5. The lowest BCUT2D eigenvalue weighted by Crippen LogP contribution is -2.68. The Morgan fingerprint density at radius 1 is 1.05 bits per heavy atom. The molecule has 10 heteroatoms. The zero-order valence-electron chi connectivity index (χ0n) is 19.7. The van der Waals surface area contributed by atoms with Gasteiger partial charge < -0.3 is 14.7 Å². The lowest BCUT2D eigenvalue weighted by molar-refractivity contribution is -0.150. The zero-order valence-corrected chi connectivity index (χ0v) is 20.5. The maximum atomic E-state index is 15.2. The smallest absolute Gasteiger partial charge is 0.278 e. The number of nitrogens with zero attached hydrogens (tertiary/aromatic N) is 3. The van der Waals surface area contributed by atoms with Gasteiger partial charge in [-0.3, -0.25) is 19.3 Å². The largest absolute Gasteiger partial charge is 0.502 e. The summed E-state index contributed by atoms with van der Waals surface area (Å²) in [6, 6.07) is 11.1. The van der Waals surface area contributed by atoms with Crippen molar-refractivity contribution in [3.05, 3.63) is 92.9 Å². The lowest BCUT2D eigenvalue weighted by Gasteiger charge is -2.57. The molecule has 0 bridgehead atoms. The summed E-state index contributed by atoms with van der Waals surface area (Å²) in [5.74, 6) is -2.60. The van der Waals surface area contributed by atoms with Crippen LogP contribution in [0.1, 0.15) is 46.1 Å². The third-order valence-corrected chi connectivity index (χ3v) is 9.24. The molecule has 1 amide bonds. The van der Waals surface area contributed by atoms with Crippen molar-refractivity contribution in [2.24, 2.45) is 5.41 Å². The molecule has 2 atom stereocenters. The van der Waals surface area contributed by atoms with Crippen LogP contribution in [0.15, 0.2) is 58.4 Å². The number of carbonyl (C=O) groups is 1. The molecule has 0 unspecified atom stereocenters. The summed E-state index contributed by atoms with van der Waals surface area (Å²) in [7, 11) is 0. The molecule has 0 saturated carbocycles. The second kappa shape index (κ2) is 8.06. The summed E-state index contributed by atoms with van der Waals surface area (Å²) in [6.07, 6.45) is 2.39. The molecule has 0 radical (unpaired) electrons. The molecule has 7 rings (SSSR count). The Hall–Kier alpha value is -3.37. The number of rotatable bonds is 1. The summed E-state index contributed by atoms with van der Waals surface area (Å²) in [5.41, 5.74) is 0.861. The Morgan fingerprint density at radius 3 is 2.65 bits per heavy atom. The van der Waals surface area contributed by atoms with Crippen LogP contribution in [-0.2, 0) is 10.5 Å². The monoisotopic (exact) mass is 523 g/mol. The molecule has 4 aliphatic heterocycles. The normalized spacial score (nSPS) is 23.5. The third kappa shape index (κ3) is 3.21. The van der Waals surface area contributed by atoms with E-state index in [1.54, 1.807) is 15.6 Å². The van der Waals surface area contributed by atoms with Crippen LogP contribution in [0.5, 0.6) is 5.75 Å². The van der Waals surface area contributed by atoms with Gasteiger partial charge >= 0.3 is 0 Å². The molecule has 37 heavy (non-hydrogen) atoms. The topological polar surface area (TPSA) is 75.0 Å². The van der Waals surface area contributed by atoms with E-state index in [4.69, 9.17) is 4.74 Å². The molecule has 1 aromatic heterocycles. The van der Waals surface area contributed by atoms with Gasteiger partial charge in [-0.15, -0.1) is 11.8 Å². The number of amides is 1. The second-order valence-corrected chi connectivity index (χ2v) is 11.2. The predicted octanol–water partition coefficient (Wildman–Crippen LogP) is 3.76. The molecular weight excluding hydrogens is 500 g/mol. The first-order valence-electron chi connectivity index (χ1n) is 12.2. The minimum Gasteiger partial charge on any atom is -0.502 e. The van der Waals surface area contributed by atoms with Crippen LogP contribution in [0.4, 0.5) is 8.78 Å². The van der Waals surface area contributed by atoms with Crippen LogP contribution in [0.25, 0.3) is 0 Å². The van der Waals surface area contributed by atoms with Crippen LogP contribution < -0.4 is 10.4 Å². The minimum atomic E-state index is -0.913. The molecule has 1 spiro atoms. The van der Waals surface area contributed by atoms with E-state index >= 15 is 4.39 Å². The van der Waals surface area contributed by atoms with E-state index < -0.39 is 40.9 Å². The van der Waals surface area contributed by atoms with E-state index in [9.17, 15) is 19.1 Å². The van der Waals surface area contributed by atoms with Crippen molar-refractivity contribution in [1.29, 1.82) is 0 Å². The van der Waals surface area contributed by atoms with E-state index in [1.807, 2.05) is 29.3 Å². The molecule has 5 heterocycles. The van der Waals surface area contributed by atoms with Crippen molar-refractivity contribution in [3.8, 4) is 5.75 Å². The van der Waals surface area contributed by atoms with E-state index in [2.05, 4.69) is 0 Å². The number of carbonyl (C=O) groups excluding carboxylic acids is 1. The fourth-order valence-corrected chi connectivity index (χ4v) is 7.28. The Kier molecular flexibility index (Phi) is 4.97. The van der Waals surface area contributed by atoms with Crippen LogP contribution in [0, 0.1) is 17.0 Å². The number of fused-ring (bicyclic) bond motifs is 4. The Balaban J connectivity index is 1.52. The number of ether oxygens (including phenoxy) is 1. The van der Waals surface area contributed by atoms with Gasteiger partial charge in [0.15, 0.2) is 23.1 Å². The molecule has 0 aliphatic carbocycles. The maximum absolute atomic E-state index is 15.2. The van der Waals surface area contributed by atoms with Crippen molar-refractivity contribution >= 4 is 17.7 Å². The lowest BCUT2D eigenvalue weighted by atomic mass is 9.74. The highest BCUT2D eigenvalue weighted by Gasteiger charge is 2.53. The number of aromatic hydroxyl groups is 1. The average Bonchev–Trinajstić information content (AvgIpc) is 3.05. The van der Waals surface area contributed by atoms with Crippen molar-refractivity contribution < 1.29 is 23.4 Å². The number of piperidine rings is 1. The summed E-state index contributed by atoms with van der Waals surface area (Å²) in [6.45, 7) is 1.62. The molecule has 7 nitrogen and oxygen atoms in total. The van der Waals surface area contributed by atoms with Gasteiger partial charge in [0.2, 0.25) is 5.43 Å². The van der Waals surface area contributed by atoms with Crippen molar-refractivity contribution in [1.82, 2.24) is 9.58 Å². The third-order valence-electron chi connectivity index (χ3n) is 8.12. The van der Waals surface area contributed by atoms with Gasteiger partial charge in [-0.25, -0.2) is 8.78 Å². The fourth-order valence-electron chi connectivity index (χ4n) is 6.17. The summed E-state index contributed by atoms with van der Waals surface area (Å²) < 4.78 is 36.8. The summed E-state index contributed by atoms with van der Waals surface area (Å²) in [4.78, 5) is 28.7. The summed E-state index contributed by atoms with van der Waals surface area (Å²) in [5, 5.41) is 12.7. The molecule has 1 N–H and O–H groups in total. The van der Waals surface area contributed by atoms with Crippen LogP contribution in [0.2, 0.25) is 0 Å². The highest BCUT2D eigenvalue weighted by atomic mass is 32.2. The fraction of sp³-hybridized carbons (Fsp3) is 0.333. The summed E-state index contributed by atoms with van der Waals surface area (Å²) >= 11 is 1.43. The first kappa shape index (κ1) is 22.8. The Morgan fingerprint density at radius 2 is 1.86 bits per heavy atom. The van der Waals surface area contributed by atoms with Crippen molar-refractivity contribution in [2.75, 3.05) is 24.8 Å². The molecule has 4 aliphatic rings. The van der Waals surface area contributed by atoms with Gasteiger partial charge in [-0.05, 0) is 36.1 Å². The van der Waals surface area contributed by atoms with E-state index in [0.29, 0.717) is 31.7 Å². The molecular formula is C27H23F2N3O4S. The van der Waals surface area contributed by atoms with Gasteiger partial charge in [-0.1, -0.05) is 24.3 Å². The first-order valence-corrected chi connectivity index (χ1v) is 13.2. The molecule has 2 saturated heterocycles. The van der Waals surface area contributed by atoms with Crippen LogP contribution >= 0.6 is 11.8 Å². The van der Waals surface area contributed by atoms with Gasteiger partial charge in [-0.2, -0.15) is 0 Å². The second-order valence-electron chi connectivity index (χ2n) is 10.2. The SMILES string of the molecule is O=C1c2c(O)c(=O)ccn2N([C@@H]2c3ccccc3SCc3c2ccc(F)c3F)[C@@H]2CC3(CCN12)COC3. The highest BCUT2D eigenvalue weighted by molar-refractivity contribution is 7.98. The van der Waals surface area contributed by atoms with E-state index in [-0.39, 0.29) is 22.4 Å². The molecule has 190 valence electrons. The number of halogens is 2. The quantitative estimate of drug-likeness (QED) is 0.524.